The van der Waals surface area contributed by atoms with Gasteiger partial charge in [0.2, 0.25) is 10.0 Å². The van der Waals surface area contributed by atoms with Crippen LogP contribution in [0.5, 0.6) is 0 Å². The molecule has 0 fully saturated rings. The summed E-state index contributed by atoms with van der Waals surface area (Å²) in [6, 6.07) is 12.1. The topological polar surface area (TPSA) is 92.8 Å². The molecule has 150 valence electrons. The van der Waals surface area contributed by atoms with Gasteiger partial charge in [-0.3, -0.25) is 4.79 Å². The van der Waals surface area contributed by atoms with E-state index in [0.29, 0.717) is 18.5 Å². The molecule has 0 saturated carbocycles. The van der Waals surface area contributed by atoms with Crippen molar-refractivity contribution in [3.05, 3.63) is 65.2 Å². The van der Waals surface area contributed by atoms with E-state index in [1.165, 1.54) is 36.3 Å². The lowest BCUT2D eigenvalue weighted by Crippen LogP contribution is -2.44. The lowest BCUT2D eigenvalue weighted by atomic mass is 9.92. The molecule has 3 rings (SSSR count). The zero-order chi connectivity index (χ0) is 21.0. The van der Waals surface area contributed by atoms with Crippen molar-refractivity contribution in [1.82, 2.24) is 9.62 Å². The number of methoxy groups -OCH3 is 1. The molecule has 0 radical (unpaired) electrons. The van der Waals surface area contributed by atoms with Gasteiger partial charge in [0.1, 0.15) is 0 Å². The van der Waals surface area contributed by atoms with Crippen molar-refractivity contribution in [1.29, 1.82) is 0 Å². The van der Waals surface area contributed by atoms with Gasteiger partial charge in [-0.05, 0) is 35.7 Å². The number of hydrogen-bond acceptors (Lipinski definition) is 5. The largest absolute Gasteiger partial charge is 0.467 e. The molecule has 1 amide bonds. The van der Waals surface area contributed by atoms with Crippen LogP contribution in [0.2, 0.25) is 0 Å². The number of rotatable bonds is 5. The quantitative estimate of drug-likeness (QED) is 0.594. The van der Waals surface area contributed by atoms with Gasteiger partial charge in [0, 0.05) is 12.1 Å². The van der Waals surface area contributed by atoms with Gasteiger partial charge in [0.05, 0.1) is 18.6 Å². The van der Waals surface area contributed by atoms with Crippen molar-refractivity contribution in [2.24, 2.45) is 0 Å². The molecule has 1 atom stereocenters. The maximum Gasteiger partial charge on any atom is 0.333 e. The maximum atomic E-state index is 13.2. The minimum atomic E-state index is -3.85. The molecule has 0 unspecified atom stereocenters. The summed E-state index contributed by atoms with van der Waals surface area (Å²) < 4.78 is 31.8. The number of nitrogens with zero attached hydrogens (tertiary/aromatic N) is 1. The number of terminal acetylenes is 1. The SMILES string of the molecule is C#CCNS(=O)(=O)c1cccc(C(=O)N2CCc3ccccc3[C@H]2C(=O)OC)c1. The summed E-state index contributed by atoms with van der Waals surface area (Å²) in [5, 5.41) is 0. The smallest absolute Gasteiger partial charge is 0.333 e. The van der Waals surface area contributed by atoms with Crippen molar-refractivity contribution in [2.45, 2.75) is 17.4 Å². The molecule has 1 aliphatic heterocycles. The molecular weight excluding hydrogens is 392 g/mol. The average molecular weight is 412 g/mol. The van der Waals surface area contributed by atoms with E-state index in [-0.39, 0.29) is 17.0 Å². The second-order valence-corrected chi connectivity index (χ2v) is 8.20. The molecule has 1 N–H and O–H groups in total. The summed E-state index contributed by atoms with van der Waals surface area (Å²) in [6.45, 7) is 0.149. The number of amides is 1. The standard InChI is InChI=1S/C21H20N2O5S/c1-3-12-22-29(26,27)17-9-6-8-16(14-17)20(24)23-13-11-15-7-4-5-10-18(15)19(23)21(25)28-2/h1,4-10,14,19,22H,11-13H2,2H3/t19-/m0/s1. The number of carbonyl (C=O) groups is 2. The Morgan fingerprint density at radius 1 is 1.24 bits per heavy atom. The summed E-state index contributed by atoms with van der Waals surface area (Å²) in [6.07, 6.45) is 5.68. The van der Waals surface area contributed by atoms with Crippen LogP contribution in [0.4, 0.5) is 0 Å². The third-order valence-electron chi connectivity index (χ3n) is 4.72. The minimum absolute atomic E-state index is 0.0781. The molecule has 7 nitrogen and oxygen atoms in total. The first-order valence-electron chi connectivity index (χ1n) is 8.89. The highest BCUT2D eigenvalue weighted by Gasteiger charge is 2.37. The van der Waals surface area contributed by atoms with Gasteiger partial charge in [0.25, 0.3) is 5.91 Å². The van der Waals surface area contributed by atoms with Crippen LogP contribution in [0.3, 0.4) is 0 Å². The zero-order valence-corrected chi connectivity index (χ0v) is 16.6. The van der Waals surface area contributed by atoms with E-state index in [1.54, 1.807) is 12.1 Å². The van der Waals surface area contributed by atoms with Crippen molar-refractivity contribution >= 4 is 21.9 Å². The number of sulfonamides is 1. The summed E-state index contributed by atoms with van der Waals surface area (Å²) in [4.78, 5) is 27.0. The number of ether oxygens (including phenoxy) is 1. The lowest BCUT2D eigenvalue weighted by Gasteiger charge is -2.35. The molecular formula is C21H20N2O5S. The van der Waals surface area contributed by atoms with Gasteiger partial charge < -0.3 is 9.64 Å². The third kappa shape index (κ3) is 4.16. The molecule has 2 aromatic carbocycles. The van der Waals surface area contributed by atoms with Crippen molar-refractivity contribution < 1.29 is 22.7 Å². The lowest BCUT2D eigenvalue weighted by molar-refractivity contribution is -0.146. The van der Waals surface area contributed by atoms with Crippen LogP contribution in [0.15, 0.2) is 53.4 Å². The van der Waals surface area contributed by atoms with Crippen LogP contribution in [-0.4, -0.2) is 45.4 Å². The predicted octanol–water partition coefficient (Wildman–Crippen LogP) is 1.51. The fourth-order valence-electron chi connectivity index (χ4n) is 3.33. The number of hydrogen-bond donors (Lipinski definition) is 1. The molecule has 0 aliphatic carbocycles. The van der Waals surface area contributed by atoms with Gasteiger partial charge in [-0.1, -0.05) is 36.3 Å². The van der Waals surface area contributed by atoms with E-state index in [9.17, 15) is 18.0 Å². The van der Waals surface area contributed by atoms with Crippen LogP contribution in [0.25, 0.3) is 0 Å². The Morgan fingerprint density at radius 3 is 2.72 bits per heavy atom. The Balaban J connectivity index is 1.97. The first-order chi connectivity index (χ1) is 13.9. The maximum absolute atomic E-state index is 13.2. The highest BCUT2D eigenvalue weighted by molar-refractivity contribution is 7.89. The third-order valence-corrected chi connectivity index (χ3v) is 6.12. The summed E-state index contributed by atoms with van der Waals surface area (Å²) in [7, 11) is -2.58. The van der Waals surface area contributed by atoms with Crippen LogP contribution in [0, 0.1) is 12.3 Å². The predicted molar refractivity (Wildman–Crippen MR) is 106 cm³/mol. The monoisotopic (exact) mass is 412 g/mol. The van der Waals surface area contributed by atoms with Crippen molar-refractivity contribution in [3.63, 3.8) is 0 Å². The van der Waals surface area contributed by atoms with Crippen molar-refractivity contribution in [3.8, 4) is 12.3 Å². The Hall–Kier alpha value is -3.15. The van der Waals surface area contributed by atoms with Gasteiger partial charge in [-0.2, -0.15) is 4.72 Å². The van der Waals surface area contributed by atoms with Gasteiger partial charge >= 0.3 is 5.97 Å². The van der Waals surface area contributed by atoms with Crippen LogP contribution < -0.4 is 4.72 Å². The summed E-state index contributed by atoms with van der Waals surface area (Å²) in [5.41, 5.74) is 1.84. The van der Waals surface area contributed by atoms with Crippen molar-refractivity contribution in [2.75, 3.05) is 20.2 Å². The molecule has 0 bridgehead atoms. The van der Waals surface area contributed by atoms with Gasteiger partial charge in [-0.15, -0.1) is 6.42 Å². The molecule has 1 aliphatic rings. The van der Waals surface area contributed by atoms with Gasteiger partial charge in [-0.25, -0.2) is 13.2 Å². The van der Waals surface area contributed by atoms with E-state index in [2.05, 4.69) is 10.6 Å². The van der Waals surface area contributed by atoms with E-state index in [0.717, 1.165) is 5.56 Å². The number of fused-ring (bicyclic) bond motifs is 1. The fourth-order valence-corrected chi connectivity index (χ4v) is 4.31. The second-order valence-electron chi connectivity index (χ2n) is 6.43. The van der Waals surface area contributed by atoms with Crippen LogP contribution in [-0.2, 0) is 26.0 Å². The van der Waals surface area contributed by atoms with Crippen LogP contribution in [0.1, 0.15) is 27.5 Å². The fraction of sp³-hybridized carbons (Fsp3) is 0.238. The summed E-state index contributed by atoms with van der Waals surface area (Å²) in [5.74, 6) is 1.19. The van der Waals surface area contributed by atoms with Gasteiger partial charge in [0.15, 0.2) is 6.04 Å². The first kappa shape index (κ1) is 20.6. The van der Waals surface area contributed by atoms with E-state index < -0.39 is 27.9 Å². The number of esters is 1. The number of carbonyl (C=O) groups excluding carboxylic acids is 2. The Labute approximate surface area is 169 Å². The normalized spacial score (nSPS) is 15.9. The highest BCUT2D eigenvalue weighted by atomic mass is 32.2. The average Bonchev–Trinajstić information content (AvgIpc) is 2.76. The zero-order valence-electron chi connectivity index (χ0n) is 15.8. The van der Waals surface area contributed by atoms with E-state index in [4.69, 9.17) is 11.2 Å². The molecule has 0 saturated heterocycles. The first-order valence-corrected chi connectivity index (χ1v) is 10.4. The van der Waals surface area contributed by atoms with E-state index >= 15 is 0 Å². The minimum Gasteiger partial charge on any atom is -0.467 e. The van der Waals surface area contributed by atoms with Crippen LogP contribution >= 0.6 is 0 Å². The molecule has 0 spiro atoms. The Morgan fingerprint density at radius 2 is 2.00 bits per heavy atom. The summed E-state index contributed by atoms with van der Waals surface area (Å²) >= 11 is 0. The number of benzene rings is 2. The molecule has 29 heavy (non-hydrogen) atoms. The Bertz CT molecular complexity index is 1090. The number of nitrogens with one attached hydrogen (secondary N) is 1. The molecule has 1 heterocycles. The Kier molecular flexibility index (Phi) is 6.01. The molecule has 8 heteroatoms. The molecule has 0 aromatic heterocycles. The van der Waals surface area contributed by atoms with E-state index in [1.807, 2.05) is 12.1 Å². The molecule has 2 aromatic rings. The second kappa shape index (κ2) is 8.47. The highest BCUT2D eigenvalue weighted by Crippen LogP contribution is 2.32.